The predicted molar refractivity (Wildman–Crippen MR) is 126 cm³/mol. The number of benzene rings is 1. The van der Waals surface area contributed by atoms with E-state index in [0.717, 1.165) is 68.8 Å². The average molecular weight is 422 g/mol. The van der Waals surface area contributed by atoms with E-state index in [2.05, 4.69) is 60.3 Å². The lowest BCUT2D eigenvalue weighted by Crippen LogP contribution is -2.36. The molecule has 0 atom stereocenters. The lowest BCUT2D eigenvalue weighted by molar-refractivity contribution is 0.203. The second-order valence-electron chi connectivity index (χ2n) is 9.10. The van der Waals surface area contributed by atoms with E-state index in [-0.39, 0.29) is 0 Å². The van der Waals surface area contributed by atoms with Gasteiger partial charge >= 0.3 is 6.01 Å². The molecule has 0 radical (unpaired) electrons. The SMILES string of the molecule is C=C1Cc2c(N)nc(OCCCC)nc2N(Cc2ccc3c(c2)CCN(C(C)C)C3)C1. The fourth-order valence-electron chi connectivity index (χ4n) is 4.44. The Kier molecular flexibility index (Phi) is 6.46. The molecule has 0 bridgehead atoms. The second-order valence-corrected chi connectivity index (χ2v) is 9.10. The van der Waals surface area contributed by atoms with Crippen molar-refractivity contribution < 1.29 is 4.74 Å². The van der Waals surface area contributed by atoms with Crippen molar-refractivity contribution in [3.05, 3.63) is 52.6 Å². The molecule has 2 aliphatic heterocycles. The minimum absolute atomic E-state index is 0.376. The van der Waals surface area contributed by atoms with Crippen LogP contribution in [0.25, 0.3) is 0 Å². The van der Waals surface area contributed by atoms with Crippen LogP contribution in [0.3, 0.4) is 0 Å². The van der Waals surface area contributed by atoms with Crippen molar-refractivity contribution in [1.82, 2.24) is 14.9 Å². The van der Waals surface area contributed by atoms with Crippen LogP contribution in [0, 0.1) is 0 Å². The summed E-state index contributed by atoms with van der Waals surface area (Å²) < 4.78 is 5.77. The first kappa shape index (κ1) is 21.6. The van der Waals surface area contributed by atoms with E-state index in [4.69, 9.17) is 15.5 Å². The van der Waals surface area contributed by atoms with Crippen LogP contribution in [0.4, 0.5) is 11.6 Å². The average Bonchev–Trinajstić information content (AvgIpc) is 2.74. The van der Waals surface area contributed by atoms with Crippen LogP contribution in [0.5, 0.6) is 6.01 Å². The third-order valence-corrected chi connectivity index (χ3v) is 6.28. The first-order valence-corrected chi connectivity index (χ1v) is 11.5. The maximum Gasteiger partial charge on any atom is 0.320 e. The lowest BCUT2D eigenvalue weighted by Gasteiger charge is -2.34. The molecular weight excluding hydrogens is 386 g/mol. The molecule has 4 rings (SSSR count). The summed E-state index contributed by atoms with van der Waals surface area (Å²) in [5.41, 5.74) is 12.6. The Balaban J connectivity index is 1.56. The van der Waals surface area contributed by atoms with Gasteiger partial charge < -0.3 is 15.4 Å². The minimum atomic E-state index is 0.376. The van der Waals surface area contributed by atoms with Crippen LogP contribution >= 0.6 is 0 Å². The molecule has 6 heteroatoms. The maximum absolute atomic E-state index is 6.29. The molecule has 3 heterocycles. The molecule has 2 aliphatic rings. The molecule has 0 fully saturated rings. The quantitative estimate of drug-likeness (QED) is 0.536. The van der Waals surface area contributed by atoms with Crippen LogP contribution in [0.2, 0.25) is 0 Å². The molecule has 2 N–H and O–H groups in total. The van der Waals surface area contributed by atoms with Gasteiger partial charge in [-0.15, -0.1) is 0 Å². The molecule has 0 saturated heterocycles. The van der Waals surface area contributed by atoms with Crippen LogP contribution in [-0.4, -0.2) is 40.6 Å². The number of anilines is 2. The van der Waals surface area contributed by atoms with E-state index >= 15 is 0 Å². The Morgan fingerprint density at radius 3 is 2.81 bits per heavy atom. The molecule has 1 aromatic heterocycles. The van der Waals surface area contributed by atoms with Crippen molar-refractivity contribution in [2.45, 2.75) is 65.6 Å². The van der Waals surface area contributed by atoms with E-state index in [1.54, 1.807) is 0 Å². The molecule has 0 aliphatic carbocycles. The number of rotatable bonds is 7. The first-order valence-electron chi connectivity index (χ1n) is 11.5. The predicted octanol–water partition coefficient (Wildman–Crippen LogP) is 4.12. The normalized spacial score (nSPS) is 16.4. The van der Waals surface area contributed by atoms with E-state index in [1.165, 1.54) is 16.7 Å². The molecule has 0 spiro atoms. The van der Waals surface area contributed by atoms with E-state index in [9.17, 15) is 0 Å². The molecule has 0 amide bonds. The van der Waals surface area contributed by atoms with Crippen molar-refractivity contribution in [3.63, 3.8) is 0 Å². The molecule has 0 unspecified atom stereocenters. The van der Waals surface area contributed by atoms with Crippen LogP contribution in [0.15, 0.2) is 30.4 Å². The van der Waals surface area contributed by atoms with Crippen molar-refractivity contribution in [2.75, 3.05) is 30.3 Å². The van der Waals surface area contributed by atoms with Gasteiger partial charge in [-0.2, -0.15) is 9.97 Å². The topological polar surface area (TPSA) is 67.5 Å². The highest BCUT2D eigenvalue weighted by Gasteiger charge is 2.26. The molecule has 166 valence electrons. The number of fused-ring (bicyclic) bond motifs is 2. The number of ether oxygens (including phenoxy) is 1. The summed E-state index contributed by atoms with van der Waals surface area (Å²) in [4.78, 5) is 13.9. The van der Waals surface area contributed by atoms with Crippen LogP contribution in [0.1, 0.15) is 55.9 Å². The smallest absolute Gasteiger partial charge is 0.320 e. The zero-order valence-corrected chi connectivity index (χ0v) is 19.2. The van der Waals surface area contributed by atoms with Gasteiger partial charge in [-0.3, -0.25) is 4.90 Å². The van der Waals surface area contributed by atoms with E-state index < -0.39 is 0 Å². The number of hydrogen-bond donors (Lipinski definition) is 1. The second kappa shape index (κ2) is 9.27. The fourth-order valence-corrected chi connectivity index (χ4v) is 4.44. The van der Waals surface area contributed by atoms with Gasteiger partial charge in [-0.1, -0.05) is 43.7 Å². The summed E-state index contributed by atoms with van der Waals surface area (Å²) in [5, 5.41) is 0. The van der Waals surface area contributed by atoms with Crippen LogP contribution < -0.4 is 15.4 Å². The van der Waals surface area contributed by atoms with Crippen molar-refractivity contribution in [2.24, 2.45) is 0 Å². The lowest BCUT2D eigenvalue weighted by atomic mass is 9.95. The summed E-state index contributed by atoms with van der Waals surface area (Å²) in [6, 6.07) is 7.88. The van der Waals surface area contributed by atoms with Crippen molar-refractivity contribution >= 4 is 11.6 Å². The fraction of sp³-hybridized carbons (Fsp3) is 0.520. The van der Waals surface area contributed by atoms with Crippen molar-refractivity contribution in [3.8, 4) is 6.01 Å². The monoisotopic (exact) mass is 421 g/mol. The molecule has 1 aromatic carbocycles. The highest BCUT2D eigenvalue weighted by atomic mass is 16.5. The summed E-state index contributed by atoms with van der Waals surface area (Å²) in [7, 11) is 0. The summed E-state index contributed by atoms with van der Waals surface area (Å²) >= 11 is 0. The number of nitrogens with zero attached hydrogens (tertiary/aromatic N) is 4. The largest absolute Gasteiger partial charge is 0.463 e. The third kappa shape index (κ3) is 4.85. The van der Waals surface area contributed by atoms with E-state index in [0.29, 0.717) is 24.5 Å². The summed E-state index contributed by atoms with van der Waals surface area (Å²) in [6.07, 6.45) is 3.88. The Morgan fingerprint density at radius 2 is 2.03 bits per heavy atom. The number of nitrogen functional groups attached to an aromatic ring is 1. The van der Waals surface area contributed by atoms with Gasteiger partial charge in [0.1, 0.15) is 11.6 Å². The molecule has 2 aromatic rings. The Labute approximate surface area is 186 Å². The Morgan fingerprint density at radius 1 is 1.19 bits per heavy atom. The maximum atomic E-state index is 6.29. The van der Waals surface area contributed by atoms with Gasteiger partial charge in [0.2, 0.25) is 0 Å². The molecular formula is C25H35N5O. The van der Waals surface area contributed by atoms with Gasteiger partial charge in [0.15, 0.2) is 0 Å². The zero-order valence-electron chi connectivity index (χ0n) is 19.2. The standard InChI is InChI=1S/C25H35N5O/c1-5-6-11-31-25-27-23(26)22-12-18(4)14-30(24(22)28-25)15-19-7-8-21-16-29(17(2)3)10-9-20(21)13-19/h7-8,13,17H,4-6,9-12,14-16H2,1-3H3,(H2,26,27,28). The Bertz CT molecular complexity index is 955. The number of unbranched alkanes of at least 4 members (excludes halogenated alkanes) is 1. The van der Waals surface area contributed by atoms with Crippen molar-refractivity contribution in [1.29, 1.82) is 0 Å². The van der Waals surface area contributed by atoms with Crippen LogP contribution in [-0.2, 0) is 25.9 Å². The van der Waals surface area contributed by atoms with Gasteiger partial charge in [0, 0.05) is 44.2 Å². The molecule has 0 saturated carbocycles. The zero-order chi connectivity index (χ0) is 22.0. The van der Waals surface area contributed by atoms with Gasteiger partial charge in [-0.25, -0.2) is 0 Å². The number of aromatic nitrogens is 2. The summed E-state index contributed by atoms with van der Waals surface area (Å²) in [6.45, 7) is 15.2. The first-order chi connectivity index (χ1) is 14.9. The number of nitrogens with two attached hydrogens (primary N) is 1. The van der Waals surface area contributed by atoms with Gasteiger partial charge in [0.25, 0.3) is 0 Å². The third-order valence-electron chi connectivity index (χ3n) is 6.28. The van der Waals surface area contributed by atoms with Gasteiger partial charge in [0.05, 0.1) is 6.61 Å². The number of hydrogen-bond acceptors (Lipinski definition) is 6. The Hall–Kier alpha value is -2.60. The minimum Gasteiger partial charge on any atom is -0.463 e. The highest BCUT2D eigenvalue weighted by Crippen LogP contribution is 2.33. The van der Waals surface area contributed by atoms with Gasteiger partial charge in [-0.05, 0) is 43.4 Å². The molecule has 31 heavy (non-hydrogen) atoms. The summed E-state index contributed by atoms with van der Waals surface area (Å²) in [5.74, 6) is 1.39. The molecule has 6 nitrogen and oxygen atoms in total. The highest BCUT2D eigenvalue weighted by molar-refractivity contribution is 5.62. The van der Waals surface area contributed by atoms with E-state index in [1.807, 2.05) is 0 Å².